The first kappa shape index (κ1) is 34.1. The Bertz CT molecular complexity index is 2450. The maximum absolute atomic E-state index is 7.54. The zero-order valence-electron chi connectivity index (χ0n) is 33.5. The molecule has 3 nitrogen and oxygen atoms in total. The third-order valence-electron chi connectivity index (χ3n) is 12.6. The highest BCUT2D eigenvalue weighted by molar-refractivity contribution is 6.99. The van der Waals surface area contributed by atoms with Gasteiger partial charge < -0.3 is 14.2 Å². The first-order valence-electron chi connectivity index (χ1n) is 19.6. The molecule has 9 rings (SSSR count). The van der Waals surface area contributed by atoms with E-state index in [1.807, 2.05) is 0 Å². The molecule has 0 unspecified atom stereocenters. The topological polar surface area (TPSA) is 19.6 Å². The van der Waals surface area contributed by atoms with Crippen molar-refractivity contribution in [1.82, 2.24) is 0 Å². The smallest absolute Gasteiger partial charge is 0.297 e. The highest BCUT2D eigenvalue weighted by Crippen LogP contribution is 2.55. The average molecular weight is 697 g/mol. The second-order valence-corrected chi connectivity index (χ2v) is 19.4. The molecule has 1 aromatic heterocycles. The van der Waals surface area contributed by atoms with E-state index in [0.717, 1.165) is 24.3 Å². The maximum atomic E-state index is 7.54. The molecule has 0 saturated heterocycles. The van der Waals surface area contributed by atoms with Crippen LogP contribution in [0.1, 0.15) is 110 Å². The summed E-state index contributed by atoms with van der Waals surface area (Å²) in [5, 5.41) is 2.49. The van der Waals surface area contributed by atoms with Crippen LogP contribution in [0.5, 0.6) is 0 Å². The van der Waals surface area contributed by atoms with E-state index in [2.05, 4.69) is 183 Å². The summed E-state index contributed by atoms with van der Waals surface area (Å²) >= 11 is 0. The zero-order chi connectivity index (χ0) is 37.4. The number of rotatable bonds is 2. The minimum absolute atomic E-state index is 0.0104. The zero-order valence-corrected chi connectivity index (χ0v) is 33.5. The van der Waals surface area contributed by atoms with Gasteiger partial charge in [0.1, 0.15) is 5.76 Å². The maximum Gasteiger partial charge on any atom is 0.297 e. The van der Waals surface area contributed by atoms with Crippen molar-refractivity contribution in [3.05, 3.63) is 125 Å². The molecule has 0 saturated carbocycles. The Morgan fingerprint density at radius 2 is 1.25 bits per heavy atom. The second-order valence-electron chi connectivity index (χ2n) is 19.4. The Kier molecular flexibility index (Phi) is 7.18. The van der Waals surface area contributed by atoms with Crippen molar-refractivity contribution in [3.63, 3.8) is 0 Å². The SMILES string of the molecule is Cc1cc2c3c(c1)N(c1cccc4ccccc14)c1c(oc4c1C(C)(C)CCC4(C)C)B3c1cc(C(C)(C)C)ccc1N2c1ccc(C(C)(C)C)cc1. The number of fused-ring (bicyclic) bond motifs is 7. The average Bonchev–Trinajstić information content (AvgIpc) is 3.52. The lowest BCUT2D eigenvalue weighted by atomic mass is 9.35. The van der Waals surface area contributed by atoms with Crippen molar-refractivity contribution < 1.29 is 4.42 Å². The molecular weight excluding hydrogens is 643 g/mol. The lowest BCUT2D eigenvalue weighted by Gasteiger charge is -2.44. The highest BCUT2D eigenvalue weighted by Gasteiger charge is 2.52. The van der Waals surface area contributed by atoms with Crippen LogP contribution in [0.25, 0.3) is 10.8 Å². The van der Waals surface area contributed by atoms with Gasteiger partial charge in [-0.25, -0.2) is 0 Å². The molecule has 0 bridgehead atoms. The fourth-order valence-electron chi connectivity index (χ4n) is 9.43. The van der Waals surface area contributed by atoms with Crippen LogP contribution in [0.2, 0.25) is 0 Å². The summed E-state index contributed by atoms with van der Waals surface area (Å²) in [6, 6.07) is 37.0. The number of nitrogens with zero attached hydrogens (tertiary/aromatic N) is 2. The third kappa shape index (κ3) is 5.08. The van der Waals surface area contributed by atoms with Gasteiger partial charge in [-0.2, -0.15) is 0 Å². The van der Waals surface area contributed by atoms with Crippen LogP contribution >= 0.6 is 0 Å². The van der Waals surface area contributed by atoms with Crippen molar-refractivity contribution in [2.45, 2.75) is 111 Å². The number of furan rings is 1. The molecule has 0 radical (unpaired) electrons. The van der Waals surface area contributed by atoms with Gasteiger partial charge in [0.15, 0.2) is 0 Å². The number of anilines is 6. The lowest BCUT2D eigenvalue weighted by molar-refractivity contribution is 0.282. The van der Waals surface area contributed by atoms with Crippen molar-refractivity contribution in [1.29, 1.82) is 0 Å². The molecule has 4 heteroatoms. The van der Waals surface area contributed by atoms with E-state index in [4.69, 9.17) is 4.42 Å². The van der Waals surface area contributed by atoms with Gasteiger partial charge in [-0.1, -0.05) is 130 Å². The van der Waals surface area contributed by atoms with E-state index in [-0.39, 0.29) is 28.4 Å². The molecule has 1 aliphatic carbocycles. The third-order valence-corrected chi connectivity index (χ3v) is 12.6. The molecule has 0 spiro atoms. The van der Waals surface area contributed by atoms with Crippen LogP contribution < -0.4 is 26.4 Å². The van der Waals surface area contributed by atoms with E-state index in [0.29, 0.717) is 0 Å². The Balaban J connectivity index is 1.43. The van der Waals surface area contributed by atoms with Crippen molar-refractivity contribution in [2.24, 2.45) is 0 Å². The first-order chi connectivity index (χ1) is 25.0. The van der Waals surface area contributed by atoms with Crippen LogP contribution in [0.15, 0.2) is 101 Å². The molecule has 3 aliphatic rings. The number of benzene rings is 5. The number of hydrogen-bond acceptors (Lipinski definition) is 3. The molecule has 6 aromatic rings. The molecular formula is C49H53BN2O. The van der Waals surface area contributed by atoms with E-state index < -0.39 is 0 Å². The van der Waals surface area contributed by atoms with Gasteiger partial charge >= 0.3 is 0 Å². The van der Waals surface area contributed by atoms with Gasteiger partial charge in [0.05, 0.1) is 17.0 Å². The Labute approximate surface area is 317 Å². The van der Waals surface area contributed by atoms with Crippen molar-refractivity contribution >= 4 is 68.2 Å². The van der Waals surface area contributed by atoms with Gasteiger partial charge in [-0.3, -0.25) is 0 Å². The minimum Gasteiger partial charge on any atom is -0.472 e. The number of hydrogen-bond donors (Lipinski definition) is 0. The Hall–Kier alpha value is -4.70. The summed E-state index contributed by atoms with van der Waals surface area (Å²) in [5.41, 5.74) is 16.3. The van der Waals surface area contributed by atoms with Crippen LogP contribution in [-0.2, 0) is 21.7 Å². The predicted octanol–water partition coefficient (Wildman–Crippen LogP) is 11.8. The number of aryl methyl sites for hydroxylation is 1. The van der Waals surface area contributed by atoms with Crippen LogP contribution in [0, 0.1) is 6.92 Å². The molecule has 0 N–H and O–H groups in total. The fourth-order valence-corrected chi connectivity index (χ4v) is 9.43. The highest BCUT2D eigenvalue weighted by atomic mass is 16.3. The molecule has 268 valence electrons. The van der Waals surface area contributed by atoms with Gasteiger partial charge in [0.25, 0.3) is 6.71 Å². The predicted molar refractivity (Wildman–Crippen MR) is 228 cm³/mol. The summed E-state index contributed by atoms with van der Waals surface area (Å²) in [4.78, 5) is 5.13. The largest absolute Gasteiger partial charge is 0.472 e. The monoisotopic (exact) mass is 696 g/mol. The molecule has 0 amide bonds. The normalized spacial score (nSPS) is 17.0. The van der Waals surface area contributed by atoms with Gasteiger partial charge in [0, 0.05) is 39.1 Å². The minimum atomic E-state index is -0.0802. The van der Waals surface area contributed by atoms with Crippen molar-refractivity contribution in [2.75, 3.05) is 9.80 Å². The van der Waals surface area contributed by atoms with Crippen molar-refractivity contribution in [3.8, 4) is 0 Å². The van der Waals surface area contributed by atoms with E-state index in [1.165, 1.54) is 78.1 Å². The molecule has 3 heterocycles. The molecule has 2 aliphatic heterocycles. The summed E-state index contributed by atoms with van der Waals surface area (Å²) in [5.74, 6) is 1.16. The second kappa shape index (κ2) is 11.2. The summed E-state index contributed by atoms with van der Waals surface area (Å²) in [7, 11) is 0. The molecule has 5 aromatic carbocycles. The Morgan fingerprint density at radius 3 is 1.94 bits per heavy atom. The standard InChI is InChI=1S/C49H53BN2O/c1-30-27-39-42-40(28-30)52(37-18-14-16-31-15-12-13-17-35(31)37)43-41-44(49(10,11)26-25-48(41,8)9)53-45(43)50(42)36-29-33(47(5,6)7)21-24-38(36)51(39)34-22-19-32(20-23-34)46(2,3)4/h12-24,27-29H,25-26H2,1-11H3. The lowest BCUT2D eigenvalue weighted by Crippen LogP contribution is -2.61. The van der Waals surface area contributed by atoms with E-state index in [9.17, 15) is 0 Å². The molecule has 0 atom stereocenters. The summed E-state index contributed by atoms with van der Waals surface area (Å²) in [6.07, 6.45) is 2.21. The quantitative estimate of drug-likeness (QED) is 0.168. The van der Waals surface area contributed by atoms with Gasteiger partial charge in [0.2, 0.25) is 0 Å². The Morgan fingerprint density at radius 1 is 0.623 bits per heavy atom. The van der Waals surface area contributed by atoms with Gasteiger partial charge in [-0.05, 0) is 105 Å². The van der Waals surface area contributed by atoms with Crippen LogP contribution in [-0.4, -0.2) is 6.71 Å². The van der Waals surface area contributed by atoms with E-state index >= 15 is 0 Å². The van der Waals surface area contributed by atoms with E-state index in [1.54, 1.807) is 0 Å². The summed E-state index contributed by atoms with van der Waals surface area (Å²) < 4.78 is 7.54. The first-order valence-corrected chi connectivity index (χ1v) is 19.6. The van der Waals surface area contributed by atoms with Crippen LogP contribution in [0.3, 0.4) is 0 Å². The summed E-state index contributed by atoms with van der Waals surface area (Å²) in [6.45, 7) is 25.7. The van der Waals surface area contributed by atoms with Gasteiger partial charge in [-0.15, -0.1) is 0 Å². The fraction of sp³-hybridized carbons (Fsp3) is 0.347. The molecule has 0 fully saturated rings. The molecule has 53 heavy (non-hydrogen) atoms. The van der Waals surface area contributed by atoms with Crippen LogP contribution in [0.4, 0.5) is 34.1 Å².